The molecule has 0 saturated carbocycles. The number of pyridine rings is 1. The Labute approximate surface area is 179 Å². The number of allylic oxidation sites excluding steroid dienone is 3. The maximum atomic E-state index is 13.3. The number of ketones is 1. The minimum absolute atomic E-state index is 0.0478. The van der Waals surface area contributed by atoms with Crippen LogP contribution >= 0.6 is 0 Å². The summed E-state index contributed by atoms with van der Waals surface area (Å²) in [6.45, 7) is 3.79. The fourth-order valence-corrected chi connectivity index (χ4v) is 4.31. The van der Waals surface area contributed by atoms with Gasteiger partial charge in [0.2, 0.25) is 0 Å². The first-order chi connectivity index (χ1) is 14.8. The number of nitro benzene ring substituents is 1. The summed E-state index contributed by atoms with van der Waals surface area (Å²) in [6, 6.07) is 11.3. The molecule has 1 amide bonds. The number of aromatic nitrogens is 1. The van der Waals surface area contributed by atoms with Crippen LogP contribution in [0.2, 0.25) is 0 Å². The van der Waals surface area contributed by atoms with Gasteiger partial charge in [-0.3, -0.25) is 19.7 Å². The number of nitrogens with one attached hydrogen (secondary N) is 2. The van der Waals surface area contributed by atoms with Gasteiger partial charge in [0.05, 0.1) is 4.92 Å². The van der Waals surface area contributed by atoms with Gasteiger partial charge in [0.25, 0.3) is 11.6 Å². The molecule has 1 aromatic carbocycles. The Morgan fingerprint density at radius 3 is 2.74 bits per heavy atom. The van der Waals surface area contributed by atoms with Crippen molar-refractivity contribution >= 4 is 23.2 Å². The van der Waals surface area contributed by atoms with Crippen molar-refractivity contribution in [1.82, 2.24) is 10.3 Å². The van der Waals surface area contributed by atoms with Gasteiger partial charge in [-0.1, -0.05) is 25.1 Å². The highest BCUT2D eigenvalue weighted by atomic mass is 16.6. The fraction of sp³-hybridized carbons (Fsp3) is 0.261. The molecule has 8 nitrogen and oxygen atoms in total. The molecule has 2 aromatic rings. The van der Waals surface area contributed by atoms with Crippen molar-refractivity contribution in [2.75, 3.05) is 5.32 Å². The minimum Gasteiger partial charge on any atom is -0.362 e. The number of dihydropyridines is 1. The lowest BCUT2D eigenvalue weighted by Crippen LogP contribution is -2.37. The predicted octanol–water partition coefficient (Wildman–Crippen LogP) is 3.84. The van der Waals surface area contributed by atoms with Gasteiger partial charge >= 0.3 is 0 Å². The van der Waals surface area contributed by atoms with Crippen LogP contribution in [-0.4, -0.2) is 21.6 Å². The van der Waals surface area contributed by atoms with Crippen LogP contribution in [0.3, 0.4) is 0 Å². The van der Waals surface area contributed by atoms with Gasteiger partial charge in [-0.15, -0.1) is 0 Å². The third-order valence-electron chi connectivity index (χ3n) is 5.60. The van der Waals surface area contributed by atoms with E-state index >= 15 is 0 Å². The van der Waals surface area contributed by atoms with Crippen molar-refractivity contribution in [1.29, 1.82) is 0 Å². The molecule has 2 atom stereocenters. The molecule has 0 spiro atoms. The molecule has 0 fully saturated rings. The highest BCUT2D eigenvalue weighted by molar-refractivity contribution is 6.09. The first-order valence-corrected chi connectivity index (χ1v) is 10.1. The molecule has 2 N–H and O–H groups in total. The molecule has 0 bridgehead atoms. The number of nitrogens with zero attached hydrogens (tertiary/aromatic N) is 2. The molecular weight excluding hydrogens is 396 g/mol. The lowest BCUT2D eigenvalue weighted by molar-refractivity contribution is -0.384. The number of carbonyl (C=O) groups excluding carboxylic acids is 2. The average Bonchev–Trinajstić information content (AvgIpc) is 2.73. The van der Waals surface area contributed by atoms with E-state index in [4.69, 9.17) is 0 Å². The van der Waals surface area contributed by atoms with E-state index in [0.29, 0.717) is 41.1 Å². The van der Waals surface area contributed by atoms with Crippen LogP contribution < -0.4 is 10.6 Å². The third-order valence-corrected chi connectivity index (χ3v) is 5.60. The maximum absolute atomic E-state index is 13.3. The number of hydrogen-bond acceptors (Lipinski definition) is 6. The Kier molecular flexibility index (Phi) is 5.37. The molecule has 0 radical (unpaired) electrons. The van der Waals surface area contributed by atoms with Gasteiger partial charge in [0.15, 0.2) is 5.78 Å². The van der Waals surface area contributed by atoms with Gasteiger partial charge in [0, 0.05) is 53.2 Å². The van der Waals surface area contributed by atoms with Crippen molar-refractivity contribution in [2.45, 2.75) is 32.6 Å². The summed E-state index contributed by atoms with van der Waals surface area (Å²) in [5.41, 5.74) is 2.72. The Bertz CT molecular complexity index is 1140. The quantitative estimate of drug-likeness (QED) is 0.576. The van der Waals surface area contributed by atoms with Crippen molar-refractivity contribution < 1.29 is 14.5 Å². The standard InChI is InChI=1S/C23H22N4O4/c1-13-10-17-22(18(28)11-13)21(15-6-5-7-16(12-15)27(30)31)20(14(2)25-17)23(29)26-19-8-3-4-9-24-19/h3-9,12-13,21,25H,10-11H2,1-2H3,(H,24,26,29). The molecule has 8 heteroatoms. The number of rotatable bonds is 4. The summed E-state index contributed by atoms with van der Waals surface area (Å²) in [5.74, 6) is -0.582. The molecule has 1 aliphatic heterocycles. The zero-order valence-corrected chi connectivity index (χ0v) is 17.2. The van der Waals surface area contributed by atoms with E-state index in [9.17, 15) is 19.7 Å². The number of nitro groups is 1. The smallest absolute Gasteiger partial charge is 0.269 e. The molecule has 1 aliphatic carbocycles. The number of hydrogen-bond donors (Lipinski definition) is 2. The van der Waals surface area contributed by atoms with Crippen LogP contribution in [0.25, 0.3) is 0 Å². The molecular formula is C23H22N4O4. The number of anilines is 1. The van der Waals surface area contributed by atoms with Crippen molar-refractivity contribution in [2.24, 2.45) is 5.92 Å². The van der Waals surface area contributed by atoms with E-state index in [1.807, 2.05) is 6.92 Å². The largest absolute Gasteiger partial charge is 0.362 e. The Hall–Kier alpha value is -3.81. The molecule has 158 valence electrons. The summed E-state index contributed by atoms with van der Waals surface area (Å²) in [5, 5.41) is 17.4. The topological polar surface area (TPSA) is 114 Å². The van der Waals surface area contributed by atoms with E-state index in [1.54, 1.807) is 43.5 Å². The normalized spacial score (nSPS) is 20.8. The van der Waals surface area contributed by atoms with Crippen LogP contribution in [-0.2, 0) is 9.59 Å². The van der Waals surface area contributed by atoms with E-state index < -0.39 is 16.7 Å². The maximum Gasteiger partial charge on any atom is 0.269 e. The van der Waals surface area contributed by atoms with Crippen molar-refractivity contribution in [3.8, 4) is 0 Å². The van der Waals surface area contributed by atoms with Gasteiger partial charge in [-0.2, -0.15) is 0 Å². The highest BCUT2D eigenvalue weighted by Crippen LogP contribution is 2.44. The van der Waals surface area contributed by atoms with Gasteiger partial charge in [-0.25, -0.2) is 4.98 Å². The van der Waals surface area contributed by atoms with Crippen LogP contribution in [0, 0.1) is 16.0 Å². The summed E-state index contributed by atoms with van der Waals surface area (Å²) in [6.07, 6.45) is 2.62. The fourth-order valence-electron chi connectivity index (χ4n) is 4.31. The molecule has 0 saturated heterocycles. The van der Waals surface area contributed by atoms with Gasteiger partial charge in [0.1, 0.15) is 5.82 Å². The molecule has 2 heterocycles. The number of Topliss-reactive ketones (excluding diaryl/α,β-unsaturated/α-hetero) is 1. The second-order valence-corrected chi connectivity index (χ2v) is 7.95. The summed E-state index contributed by atoms with van der Waals surface area (Å²) in [4.78, 5) is 41.4. The summed E-state index contributed by atoms with van der Waals surface area (Å²) in [7, 11) is 0. The van der Waals surface area contributed by atoms with E-state index in [0.717, 1.165) is 5.70 Å². The Balaban J connectivity index is 1.83. The number of benzene rings is 1. The van der Waals surface area contributed by atoms with Gasteiger partial charge < -0.3 is 10.6 Å². The van der Waals surface area contributed by atoms with E-state index in [2.05, 4.69) is 15.6 Å². The second kappa shape index (κ2) is 8.14. The highest BCUT2D eigenvalue weighted by Gasteiger charge is 2.40. The molecule has 2 unspecified atom stereocenters. The number of carbonyl (C=O) groups is 2. The SMILES string of the molecule is CC1=C(C(=O)Nc2ccccn2)C(c2cccc([N+](=O)[O-])c2)C2=C(CC(C)CC2=O)N1. The third kappa shape index (κ3) is 3.96. The number of amides is 1. The second-order valence-electron chi connectivity index (χ2n) is 7.95. The lowest BCUT2D eigenvalue weighted by Gasteiger charge is -2.36. The van der Waals surface area contributed by atoms with Crippen molar-refractivity contribution in [3.05, 3.63) is 86.9 Å². The first kappa shape index (κ1) is 20.5. The van der Waals surface area contributed by atoms with Crippen LogP contribution in [0.5, 0.6) is 0 Å². The van der Waals surface area contributed by atoms with E-state index in [1.165, 1.54) is 12.1 Å². The summed E-state index contributed by atoms with van der Waals surface area (Å²) < 4.78 is 0. The average molecular weight is 418 g/mol. The Morgan fingerprint density at radius 1 is 1.23 bits per heavy atom. The monoisotopic (exact) mass is 418 g/mol. The molecule has 4 rings (SSSR count). The summed E-state index contributed by atoms with van der Waals surface area (Å²) >= 11 is 0. The van der Waals surface area contributed by atoms with Crippen LogP contribution in [0.15, 0.2) is 71.2 Å². The zero-order valence-electron chi connectivity index (χ0n) is 17.2. The molecule has 1 aromatic heterocycles. The predicted molar refractivity (Wildman–Crippen MR) is 115 cm³/mol. The molecule has 2 aliphatic rings. The number of non-ortho nitro benzene ring substituents is 1. The molecule has 31 heavy (non-hydrogen) atoms. The first-order valence-electron chi connectivity index (χ1n) is 10.1. The van der Waals surface area contributed by atoms with Crippen LogP contribution in [0.4, 0.5) is 11.5 Å². The zero-order chi connectivity index (χ0) is 22.1. The lowest BCUT2D eigenvalue weighted by atomic mass is 9.73. The van der Waals surface area contributed by atoms with E-state index in [-0.39, 0.29) is 17.4 Å². The Morgan fingerprint density at radius 2 is 2.03 bits per heavy atom. The van der Waals surface area contributed by atoms with Crippen molar-refractivity contribution in [3.63, 3.8) is 0 Å². The van der Waals surface area contributed by atoms with Gasteiger partial charge in [-0.05, 0) is 37.0 Å². The minimum atomic E-state index is -0.695. The van der Waals surface area contributed by atoms with Crippen LogP contribution in [0.1, 0.15) is 38.2 Å².